The van der Waals surface area contributed by atoms with Crippen molar-refractivity contribution in [2.75, 3.05) is 0 Å². The molecule has 1 heterocycles. The first-order valence-electron chi connectivity index (χ1n) is 4.20. The SMILES string of the molecule is C=CCCCC(O)C1OC1C. The van der Waals surface area contributed by atoms with Crippen LogP contribution in [0.1, 0.15) is 26.2 Å². The molecule has 0 aromatic heterocycles. The average molecular weight is 156 g/mol. The highest BCUT2D eigenvalue weighted by molar-refractivity contribution is 4.87. The molecule has 0 aliphatic carbocycles. The maximum atomic E-state index is 9.43. The van der Waals surface area contributed by atoms with Crippen LogP contribution in [-0.4, -0.2) is 23.4 Å². The largest absolute Gasteiger partial charge is 0.390 e. The summed E-state index contributed by atoms with van der Waals surface area (Å²) in [4.78, 5) is 0. The summed E-state index contributed by atoms with van der Waals surface area (Å²) in [5.74, 6) is 0. The maximum absolute atomic E-state index is 9.43. The summed E-state index contributed by atoms with van der Waals surface area (Å²) in [7, 11) is 0. The van der Waals surface area contributed by atoms with Gasteiger partial charge in [-0.1, -0.05) is 6.08 Å². The van der Waals surface area contributed by atoms with Crippen LogP contribution < -0.4 is 0 Å². The lowest BCUT2D eigenvalue weighted by atomic mass is 10.1. The van der Waals surface area contributed by atoms with Crippen molar-refractivity contribution in [2.45, 2.75) is 44.5 Å². The minimum atomic E-state index is -0.259. The zero-order chi connectivity index (χ0) is 8.27. The van der Waals surface area contributed by atoms with E-state index >= 15 is 0 Å². The Morgan fingerprint density at radius 2 is 2.36 bits per heavy atom. The first-order chi connectivity index (χ1) is 5.25. The van der Waals surface area contributed by atoms with E-state index in [0.717, 1.165) is 19.3 Å². The van der Waals surface area contributed by atoms with Gasteiger partial charge in [-0.25, -0.2) is 0 Å². The molecule has 0 saturated carbocycles. The van der Waals surface area contributed by atoms with Gasteiger partial charge in [-0.15, -0.1) is 6.58 Å². The summed E-state index contributed by atoms with van der Waals surface area (Å²) in [5, 5.41) is 9.43. The van der Waals surface area contributed by atoms with Gasteiger partial charge in [-0.3, -0.25) is 0 Å². The van der Waals surface area contributed by atoms with Crippen LogP contribution in [0.5, 0.6) is 0 Å². The van der Waals surface area contributed by atoms with Crippen molar-refractivity contribution < 1.29 is 9.84 Å². The van der Waals surface area contributed by atoms with E-state index in [-0.39, 0.29) is 18.3 Å². The van der Waals surface area contributed by atoms with Gasteiger partial charge >= 0.3 is 0 Å². The number of epoxide rings is 1. The van der Waals surface area contributed by atoms with Crippen LogP contribution in [0.3, 0.4) is 0 Å². The third-order valence-corrected chi connectivity index (χ3v) is 2.05. The Morgan fingerprint density at radius 1 is 1.73 bits per heavy atom. The molecule has 3 unspecified atom stereocenters. The molecule has 1 fully saturated rings. The first kappa shape index (κ1) is 8.75. The monoisotopic (exact) mass is 156 g/mol. The second kappa shape index (κ2) is 3.88. The Labute approximate surface area is 67.9 Å². The lowest BCUT2D eigenvalue weighted by Crippen LogP contribution is -2.15. The van der Waals surface area contributed by atoms with Crippen LogP contribution in [-0.2, 0) is 4.74 Å². The number of aliphatic hydroxyl groups is 1. The third-order valence-electron chi connectivity index (χ3n) is 2.05. The lowest BCUT2D eigenvalue weighted by molar-refractivity contribution is 0.124. The number of ether oxygens (including phenoxy) is 1. The van der Waals surface area contributed by atoms with Crippen molar-refractivity contribution in [2.24, 2.45) is 0 Å². The molecule has 0 radical (unpaired) electrons. The summed E-state index contributed by atoms with van der Waals surface area (Å²) >= 11 is 0. The van der Waals surface area contributed by atoms with Crippen molar-refractivity contribution in [3.8, 4) is 0 Å². The number of allylic oxidation sites excluding steroid dienone is 1. The minimum Gasteiger partial charge on any atom is -0.390 e. The molecule has 0 aromatic carbocycles. The molecule has 1 rings (SSSR count). The molecule has 0 spiro atoms. The second-order valence-corrected chi connectivity index (χ2v) is 3.09. The van der Waals surface area contributed by atoms with E-state index < -0.39 is 0 Å². The Bertz CT molecular complexity index is 134. The first-order valence-corrected chi connectivity index (χ1v) is 4.20. The Kier molecular flexibility index (Phi) is 3.09. The second-order valence-electron chi connectivity index (χ2n) is 3.09. The molecule has 2 heteroatoms. The number of rotatable bonds is 5. The summed E-state index contributed by atoms with van der Waals surface area (Å²) in [6.45, 7) is 5.61. The third kappa shape index (κ3) is 2.64. The van der Waals surface area contributed by atoms with Gasteiger partial charge in [0.1, 0.15) is 6.10 Å². The molecule has 2 nitrogen and oxygen atoms in total. The molecule has 1 N–H and O–H groups in total. The fourth-order valence-electron chi connectivity index (χ4n) is 1.24. The van der Waals surface area contributed by atoms with E-state index in [0.29, 0.717) is 0 Å². The molecule has 0 amide bonds. The van der Waals surface area contributed by atoms with Gasteiger partial charge in [-0.2, -0.15) is 0 Å². The Morgan fingerprint density at radius 3 is 2.82 bits per heavy atom. The Hall–Kier alpha value is -0.340. The summed E-state index contributed by atoms with van der Waals surface area (Å²) in [6.07, 6.45) is 4.83. The minimum absolute atomic E-state index is 0.111. The van der Waals surface area contributed by atoms with Gasteiger partial charge in [0.2, 0.25) is 0 Å². The van der Waals surface area contributed by atoms with E-state index in [9.17, 15) is 5.11 Å². The lowest BCUT2D eigenvalue weighted by Gasteiger charge is -2.04. The van der Waals surface area contributed by atoms with Crippen LogP contribution in [0.15, 0.2) is 12.7 Å². The van der Waals surface area contributed by atoms with Gasteiger partial charge < -0.3 is 9.84 Å². The van der Waals surface area contributed by atoms with Crippen LogP contribution in [0.25, 0.3) is 0 Å². The molecule has 0 aromatic rings. The van der Waals surface area contributed by atoms with Crippen LogP contribution in [0, 0.1) is 0 Å². The molecule has 3 atom stereocenters. The Balaban J connectivity index is 2.02. The van der Waals surface area contributed by atoms with E-state index in [1.807, 2.05) is 13.0 Å². The maximum Gasteiger partial charge on any atom is 0.110 e. The van der Waals surface area contributed by atoms with E-state index in [2.05, 4.69) is 6.58 Å². The number of hydrogen-bond acceptors (Lipinski definition) is 2. The molecule has 1 saturated heterocycles. The van der Waals surface area contributed by atoms with Gasteiger partial charge in [0.05, 0.1) is 12.2 Å². The van der Waals surface area contributed by atoms with E-state index in [4.69, 9.17) is 4.74 Å². The standard InChI is InChI=1S/C9H16O2/c1-3-4-5-6-8(10)9-7(2)11-9/h3,7-10H,1,4-6H2,2H3. The van der Waals surface area contributed by atoms with Gasteiger partial charge in [0, 0.05) is 0 Å². The fraction of sp³-hybridized carbons (Fsp3) is 0.778. The predicted molar refractivity (Wildman–Crippen MR) is 44.4 cm³/mol. The van der Waals surface area contributed by atoms with Crippen molar-refractivity contribution in [1.29, 1.82) is 0 Å². The van der Waals surface area contributed by atoms with Crippen molar-refractivity contribution in [3.63, 3.8) is 0 Å². The van der Waals surface area contributed by atoms with Crippen LogP contribution >= 0.6 is 0 Å². The van der Waals surface area contributed by atoms with Gasteiger partial charge in [0.15, 0.2) is 0 Å². The summed E-state index contributed by atoms with van der Waals surface area (Å²) < 4.78 is 5.13. The quantitative estimate of drug-likeness (QED) is 0.371. The molecule has 1 aliphatic heterocycles. The van der Waals surface area contributed by atoms with Gasteiger partial charge in [-0.05, 0) is 26.2 Å². The number of aliphatic hydroxyl groups excluding tert-OH is 1. The normalized spacial score (nSPS) is 31.5. The number of hydrogen-bond donors (Lipinski definition) is 1. The zero-order valence-corrected chi connectivity index (χ0v) is 6.99. The molecule has 11 heavy (non-hydrogen) atoms. The van der Waals surface area contributed by atoms with Crippen molar-refractivity contribution in [3.05, 3.63) is 12.7 Å². The van der Waals surface area contributed by atoms with Gasteiger partial charge in [0.25, 0.3) is 0 Å². The zero-order valence-electron chi connectivity index (χ0n) is 6.99. The smallest absolute Gasteiger partial charge is 0.110 e. The predicted octanol–water partition coefficient (Wildman–Crippen LogP) is 1.49. The van der Waals surface area contributed by atoms with Crippen LogP contribution in [0.2, 0.25) is 0 Å². The highest BCUT2D eigenvalue weighted by atomic mass is 16.6. The van der Waals surface area contributed by atoms with Crippen LogP contribution in [0.4, 0.5) is 0 Å². The number of unbranched alkanes of at least 4 members (excludes halogenated alkanes) is 1. The molecule has 64 valence electrons. The van der Waals surface area contributed by atoms with E-state index in [1.54, 1.807) is 0 Å². The highest BCUT2D eigenvalue weighted by Gasteiger charge is 2.39. The molecular weight excluding hydrogens is 140 g/mol. The van der Waals surface area contributed by atoms with Crippen molar-refractivity contribution in [1.82, 2.24) is 0 Å². The summed E-state index contributed by atoms with van der Waals surface area (Å²) in [6, 6.07) is 0. The average Bonchev–Trinajstić information content (AvgIpc) is 2.67. The topological polar surface area (TPSA) is 32.8 Å². The summed E-state index contributed by atoms with van der Waals surface area (Å²) in [5.41, 5.74) is 0. The highest BCUT2D eigenvalue weighted by Crippen LogP contribution is 2.26. The molecule has 0 bridgehead atoms. The molecular formula is C9H16O2. The van der Waals surface area contributed by atoms with E-state index in [1.165, 1.54) is 0 Å². The van der Waals surface area contributed by atoms with Crippen molar-refractivity contribution >= 4 is 0 Å². The fourth-order valence-corrected chi connectivity index (χ4v) is 1.24. The molecule has 1 aliphatic rings.